The summed E-state index contributed by atoms with van der Waals surface area (Å²) in [6.07, 6.45) is 2.64. The van der Waals surface area contributed by atoms with Crippen molar-refractivity contribution in [3.05, 3.63) is 11.8 Å². The van der Waals surface area contributed by atoms with Gasteiger partial charge >= 0.3 is 5.97 Å². The number of likely N-dealkylation sites (tertiary alicyclic amines) is 1. The lowest BCUT2D eigenvalue weighted by atomic mass is 9.97. The standard InChI is InChI=1S/C14H19N3O4/c15-9-12(13(18)17-5-7-21-8-6-17)10-16-3-1-11(2-4-16)14(19)20/h10-11H,1-8H2,(H,19,20)/b12-10-. The highest BCUT2D eigenvalue weighted by Gasteiger charge is 2.25. The lowest BCUT2D eigenvalue weighted by Crippen LogP contribution is -2.42. The maximum Gasteiger partial charge on any atom is 0.306 e. The van der Waals surface area contributed by atoms with Gasteiger partial charge in [-0.15, -0.1) is 0 Å². The molecule has 1 N–H and O–H groups in total. The van der Waals surface area contributed by atoms with Gasteiger partial charge in [0, 0.05) is 32.4 Å². The van der Waals surface area contributed by atoms with Crippen molar-refractivity contribution < 1.29 is 19.4 Å². The first-order chi connectivity index (χ1) is 10.1. The molecule has 2 rings (SSSR count). The molecule has 0 bridgehead atoms. The van der Waals surface area contributed by atoms with Crippen LogP contribution in [-0.4, -0.2) is 66.2 Å². The Hall–Kier alpha value is -2.07. The van der Waals surface area contributed by atoms with Crippen molar-refractivity contribution in [3.63, 3.8) is 0 Å². The van der Waals surface area contributed by atoms with E-state index >= 15 is 0 Å². The Morgan fingerprint density at radius 3 is 2.33 bits per heavy atom. The lowest BCUT2D eigenvalue weighted by Gasteiger charge is -2.30. The Morgan fingerprint density at radius 1 is 1.19 bits per heavy atom. The van der Waals surface area contributed by atoms with E-state index < -0.39 is 5.97 Å². The number of hydrogen-bond donors (Lipinski definition) is 1. The molecule has 0 radical (unpaired) electrons. The normalized spacial score (nSPS) is 21.0. The summed E-state index contributed by atoms with van der Waals surface area (Å²) < 4.78 is 5.19. The van der Waals surface area contributed by atoms with Gasteiger partial charge in [-0.2, -0.15) is 5.26 Å². The molecule has 0 saturated carbocycles. The van der Waals surface area contributed by atoms with E-state index in [0.29, 0.717) is 52.2 Å². The Balaban J connectivity index is 1.96. The number of carbonyl (C=O) groups excluding carboxylic acids is 1. The summed E-state index contributed by atoms with van der Waals surface area (Å²) in [6, 6.07) is 1.95. The zero-order valence-corrected chi connectivity index (χ0v) is 11.8. The van der Waals surface area contributed by atoms with E-state index in [2.05, 4.69) is 0 Å². The molecule has 2 heterocycles. The first-order valence-electron chi connectivity index (χ1n) is 7.07. The quantitative estimate of drug-likeness (QED) is 0.583. The highest BCUT2D eigenvalue weighted by molar-refractivity contribution is 5.97. The smallest absolute Gasteiger partial charge is 0.306 e. The summed E-state index contributed by atoms with van der Waals surface area (Å²) in [6.45, 7) is 3.10. The van der Waals surface area contributed by atoms with Crippen molar-refractivity contribution in [1.82, 2.24) is 9.80 Å². The Labute approximate surface area is 123 Å². The van der Waals surface area contributed by atoms with Gasteiger partial charge in [-0.3, -0.25) is 9.59 Å². The van der Waals surface area contributed by atoms with Gasteiger partial charge in [0.15, 0.2) is 0 Å². The average molecular weight is 293 g/mol. The van der Waals surface area contributed by atoms with Gasteiger partial charge < -0.3 is 19.6 Å². The molecule has 2 saturated heterocycles. The van der Waals surface area contributed by atoms with Crippen LogP contribution in [0.3, 0.4) is 0 Å². The number of carbonyl (C=O) groups is 2. The maximum atomic E-state index is 12.2. The SMILES string of the molecule is N#C/C(=C/N1CCC(C(=O)O)CC1)C(=O)N1CCOCC1. The number of carboxylic acids is 1. The fourth-order valence-electron chi connectivity index (χ4n) is 2.53. The van der Waals surface area contributed by atoms with E-state index in [9.17, 15) is 14.9 Å². The molecule has 0 aromatic heterocycles. The number of rotatable bonds is 3. The molecule has 114 valence electrons. The third kappa shape index (κ3) is 3.95. The zero-order valence-electron chi connectivity index (χ0n) is 11.8. The number of nitriles is 1. The fourth-order valence-corrected chi connectivity index (χ4v) is 2.53. The number of aliphatic carboxylic acids is 1. The molecule has 2 fully saturated rings. The van der Waals surface area contributed by atoms with Crippen LogP contribution in [0, 0.1) is 17.2 Å². The van der Waals surface area contributed by atoms with E-state index in [1.165, 1.54) is 0 Å². The van der Waals surface area contributed by atoms with E-state index in [1.54, 1.807) is 11.1 Å². The molecule has 21 heavy (non-hydrogen) atoms. The predicted octanol–water partition coefficient (Wildman–Crippen LogP) is 0.0493. The molecule has 0 aliphatic carbocycles. The lowest BCUT2D eigenvalue weighted by molar-refractivity contribution is -0.143. The second-order valence-corrected chi connectivity index (χ2v) is 5.21. The number of carboxylic acid groups (broad SMARTS) is 1. The Bertz CT molecular complexity index is 469. The van der Waals surface area contributed by atoms with Crippen LogP contribution in [0.4, 0.5) is 0 Å². The van der Waals surface area contributed by atoms with Gasteiger partial charge in [0.1, 0.15) is 11.6 Å². The molecule has 0 aromatic rings. The van der Waals surface area contributed by atoms with E-state index in [0.717, 1.165) is 0 Å². The molecule has 0 unspecified atom stereocenters. The van der Waals surface area contributed by atoms with Crippen molar-refractivity contribution in [2.24, 2.45) is 5.92 Å². The third-order valence-corrected chi connectivity index (χ3v) is 3.84. The number of amides is 1. The number of ether oxygens (including phenoxy) is 1. The van der Waals surface area contributed by atoms with Crippen molar-refractivity contribution in [2.75, 3.05) is 39.4 Å². The van der Waals surface area contributed by atoms with Crippen molar-refractivity contribution in [1.29, 1.82) is 5.26 Å². The highest BCUT2D eigenvalue weighted by atomic mass is 16.5. The molecule has 7 nitrogen and oxygen atoms in total. The van der Waals surface area contributed by atoms with Crippen LogP contribution >= 0.6 is 0 Å². The zero-order chi connectivity index (χ0) is 15.2. The molecule has 2 aliphatic heterocycles. The Kier molecular flexibility index (Phi) is 5.17. The van der Waals surface area contributed by atoms with Crippen LogP contribution in [0.2, 0.25) is 0 Å². The number of hydrogen-bond acceptors (Lipinski definition) is 5. The molecule has 0 spiro atoms. The molecular weight excluding hydrogens is 274 g/mol. The Morgan fingerprint density at radius 2 is 1.81 bits per heavy atom. The molecule has 7 heteroatoms. The topological polar surface area (TPSA) is 93.9 Å². The van der Waals surface area contributed by atoms with Crippen LogP contribution in [0.5, 0.6) is 0 Å². The number of piperidine rings is 1. The van der Waals surface area contributed by atoms with E-state index in [-0.39, 0.29) is 17.4 Å². The van der Waals surface area contributed by atoms with Crippen molar-refractivity contribution in [3.8, 4) is 6.07 Å². The first-order valence-corrected chi connectivity index (χ1v) is 7.07. The highest BCUT2D eigenvalue weighted by Crippen LogP contribution is 2.18. The van der Waals surface area contributed by atoms with Gasteiger partial charge in [-0.1, -0.05) is 0 Å². The predicted molar refractivity (Wildman–Crippen MR) is 73.0 cm³/mol. The molecule has 2 aliphatic rings. The van der Waals surface area contributed by atoms with Gasteiger partial charge in [-0.25, -0.2) is 0 Å². The summed E-state index contributed by atoms with van der Waals surface area (Å²) >= 11 is 0. The van der Waals surface area contributed by atoms with Gasteiger partial charge in [0.25, 0.3) is 5.91 Å². The second-order valence-electron chi connectivity index (χ2n) is 5.21. The monoisotopic (exact) mass is 293 g/mol. The van der Waals surface area contributed by atoms with Crippen LogP contribution in [0.1, 0.15) is 12.8 Å². The molecule has 0 aromatic carbocycles. The minimum absolute atomic E-state index is 0.102. The minimum Gasteiger partial charge on any atom is -0.481 e. The molecule has 1 amide bonds. The second kappa shape index (κ2) is 7.09. The van der Waals surface area contributed by atoms with Gasteiger partial charge in [0.2, 0.25) is 0 Å². The third-order valence-electron chi connectivity index (χ3n) is 3.84. The van der Waals surface area contributed by atoms with Crippen molar-refractivity contribution >= 4 is 11.9 Å². The van der Waals surface area contributed by atoms with E-state index in [1.807, 2.05) is 11.0 Å². The van der Waals surface area contributed by atoms with Crippen LogP contribution in [-0.2, 0) is 14.3 Å². The maximum absolute atomic E-state index is 12.2. The van der Waals surface area contributed by atoms with Crippen LogP contribution in [0.25, 0.3) is 0 Å². The molecular formula is C14H19N3O4. The first kappa shape index (κ1) is 15.3. The van der Waals surface area contributed by atoms with Crippen molar-refractivity contribution in [2.45, 2.75) is 12.8 Å². The summed E-state index contributed by atoms with van der Waals surface area (Å²) in [5.41, 5.74) is 0.102. The summed E-state index contributed by atoms with van der Waals surface area (Å²) in [4.78, 5) is 26.6. The summed E-state index contributed by atoms with van der Waals surface area (Å²) in [5, 5.41) is 18.1. The largest absolute Gasteiger partial charge is 0.481 e. The average Bonchev–Trinajstić information content (AvgIpc) is 2.53. The van der Waals surface area contributed by atoms with Gasteiger partial charge in [-0.05, 0) is 12.8 Å². The number of nitrogens with zero attached hydrogens (tertiary/aromatic N) is 3. The fraction of sp³-hybridized carbons (Fsp3) is 0.643. The molecule has 0 atom stereocenters. The summed E-state index contributed by atoms with van der Waals surface area (Å²) in [5.74, 6) is -1.38. The van der Waals surface area contributed by atoms with Crippen LogP contribution in [0.15, 0.2) is 11.8 Å². The number of morpholine rings is 1. The van der Waals surface area contributed by atoms with Gasteiger partial charge in [0.05, 0.1) is 19.1 Å². The van der Waals surface area contributed by atoms with E-state index in [4.69, 9.17) is 9.84 Å². The van der Waals surface area contributed by atoms with Crippen LogP contribution < -0.4 is 0 Å². The summed E-state index contributed by atoms with van der Waals surface area (Å²) in [7, 11) is 0. The minimum atomic E-state index is -0.775.